The van der Waals surface area contributed by atoms with Crippen LogP contribution in [0.25, 0.3) is 22.2 Å². The van der Waals surface area contributed by atoms with Crippen molar-refractivity contribution in [3.8, 4) is 11.1 Å². The molecule has 3 aromatic carbocycles. The van der Waals surface area contributed by atoms with Crippen molar-refractivity contribution >= 4 is 34.5 Å². The third-order valence-electron chi connectivity index (χ3n) is 9.47. The quantitative estimate of drug-likeness (QED) is 0.201. The van der Waals surface area contributed by atoms with Crippen molar-refractivity contribution in [1.29, 1.82) is 0 Å². The molecule has 0 saturated carbocycles. The molecule has 0 aliphatic carbocycles. The van der Waals surface area contributed by atoms with Crippen LogP contribution in [0.3, 0.4) is 0 Å². The lowest BCUT2D eigenvalue weighted by Crippen LogP contribution is -2.49. The van der Waals surface area contributed by atoms with Crippen molar-refractivity contribution < 1.29 is 23.5 Å². The number of likely N-dealkylation sites (tertiary alicyclic amines) is 1. The predicted octanol–water partition coefficient (Wildman–Crippen LogP) is 6.90. The van der Waals surface area contributed by atoms with Gasteiger partial charge in [0.15, 0.2) is 0 Å². The molecule has 1 atom stereocenters. The number of amides is 1. The second-order valence-electron chi connectivity index (χ2n) is 13.9. The fraction of sp³-hybridized carbons (Fsp3) is 0.432. The van der Waals surface area contributed by atoms with Crippen LogP contribution in [-0.4, -0.2) is 75.2 Å². The van der Waals surface area contributed by atoms with Gasteiger partial charge in [-0.1, -0.05) is 23.7 Å². The lowest BCUT2D eigenvalue weighted by atomic mass is 9.92. The Labute approximate surface area is 279 Å². The molecule has 8 nitrogen and oxygen atoms in total. The van der Waals surface area contributed by atoms with E-state index < -0.39 is 11.4 Å². The molecule has 47 heavy (non-hydrogen) atoms. The smallest absolute Gasteiger partial charge is 0.338 e. The third kappa shape index (κ3) is 6.66. The van der Waals surface area contributed by atoms with Gasteiger partial charge in [-0.25, -0.2) is 14.2 Å². The van der Waals surface area contributed by atoms with Crippen LogP contribution in [-0.2, 0) is 29.0 Å². The van der Waals surface area contributed by atoms with Gasteiger partial charge in [-0.05, 0) is 100 Å². The molecule has 10 heteroatoms. The molecule has 1 amide bonds. The highest BCUT2D eigenvalue weighted by Gasteiger charge is 2.33. The van der Waals surface area contributed by atoms with Crippen LogP contribution < -0.4 is 0 Å². The van der Waals surface area contributed by atoms with Gasteiger partial charge in [-0.3, -0.25) is 9.69 Å². The number of ether oxygens (including phenoxy) is 2. The molecule has 4 heterocycles. The number of halogens is 2. The summed E-state index contributed by atoms with van der Waals surface area (Å²) in [6.45, 7) is 10.1. The second-order valence-corrected chi connectivity index (χ2v) is 14.3. The maximum atomic E-state index is 14.7. The van der Waals surface area contributed by atoms with Crippen molar-refractivity contribution in [3.63, 3.8) is 0 Å². The largest absolute Gasteiger partial charge is 0.456 e. The first-order valence-corrected chi connectivity index (χ1v) is 16.9. The molecular formula is C37H40ClFN4O4. The van der Waals surface area contributed by atoms with Gasteiger partial charge in [-0.2, -0.15) is 0 Å². The lowest BCUT2D eigenvalue weighted by Gasteiger charge is -2.40. The first-order valence-electron chi connectivity index (χ1n) is 16.5. The molecule has 0 bridgehead atoms. The van der Waals surface area contributed by atoms with Gasteiger partial charge in [0.1, 0.15) is 17.2 Å². The van der Waals surface area contributed by atoms with E-state index in [0.29, 0.717) is 46.9 Å². The molecule has 0 N–H and O–H groups in total. The summed E-state index contributed by atoms with van der Waals surface area (Å²) in [5, 5.41) is 0.342. The third-order valence-corrected chi connectivity index (χ3v) is 9.70. The highest BCUT2D eigenvalue weighted by atomic mass is 35.5. The molecule has 0 radical (unpaired) electrons. The number of imidazole rings is 1. The Morgan fingerprint density at radius 2 is 1.81 bits per heavy atom. The van der Waals surface area contributed by atoms with E-state index in [0.717, 1.165) is 67.8 Å². The Kier molecular flexibility index (Phi) is 8.57. The Balaban J connectivity index is 1.05. The van der Waals surface area contributed by atoms with Crippen molar-refractivity contribution in [1.82, 2.24) is 19.4 Å². The van der Waals surface area contributed by atoms with Gasteiger partial charge in [0.25, 0.3) is 5.91 Å². The van der Waals surface area contributed by atoms with Gasteiger partial charge < -0.3 is 18.9 Å². The van der Waals surface area contributed by atoms with Gasteiger partial charge in [0.2, 0.25) is 0 Å². The van der Waals surface area contributed by atoms with Crippen LogP contribution >= 0.6 is 11.6 Å². The average molecular weight is 659 g/mol. The standard InChI is InChI=1S/C37H40ClFN4O4/c1-37(2,3)47-36(45)25-6-9-32-33(19-25)43(21-28-13-17-46-28)34(40-32)22-41-14-11-27(12-15-41)42-16-10-23-4-5-24(18-30(23)35(42)44)29-8-7-26(38)20-31(29)39/h4-9,18-20,27-28H,10-17,21-22H2,1-3H3/t28-/m0/s1. The first-order chi connectivity index (χ1) is 22.5. The summed E-state index contributed by atoms with van der Waals surface area (Å²) in [4.78, 5) is 36.1. The zero-order chi connectivity index (χ0) is 32.9. The van der Waals surface area contributed by atoms with Crippen molar-refractivity contribution in [3.05, 3.63) is 88.0 Å². The molecule has 0 spiro atoms. The van der Waals surface area contributed by atoms with Crippen LogP contribution in [0.15, 0.2) is 54.6 Å². The van der Waals surface area contributed by atoms with E-state index in [1.165, 1.54) is 6.07 Å². The Hall–Kier alpha value is -3.79. The molecule has 3 aliphatic heterocycles. The molecule has 2 saturated heterocycles. The highest BCUT2D eigenvalue weighted by Crippen LogP contribution is 2.32. The number of fused-ring (bicyclic) bond motifs is 2. The summed E-state index contributed by atoms with van der Waals surface area (Å²) in [5.41, 5.74) is 4.46. The summed E-state index contributed by atoms with van der Waals surface area (Å²) in [5.74, 6) is 0.213. The lowest BCUT2D eigenvalue weighted by molar-refractivity contribution is -0.0592. The normalized spacial score (nSPS) is 19.1. The van der Waals surface area contributed by atoms with Crippen molar-refractivity contribution in [2.75, 3.05) is 26.2 Å². The summed E-state index contributed by atoms with van der Waals surface area (Å²) in [7, 11) is 0. The van der Waals surface area contributed by atoms with E-state index in [9.17, 15) is 14.0 Å². The average Bonchev–Trinajstić information content (AvgIpc) is 3.34. The highest BCUT2D eigenvalue weighted by molar-refractivity contribution is 6.30. The number of carbonyl (C=O) groups is 2. The van der Waals surface area contributed by atoms with E-state index in [-0.39, 0.29) is 24.0 Å². The van der Waals surface area contributed by atoms with Crippen LogP contribution in [0.1, 0.15) is 72.1 Å². The predicted molar refractivity (Wildman–Crippen MR) is 179 cm³/mol. The molecule has 2 fully saturated rings. The number of esters is 1. The number of piperidine rings is 1. The summed E-state index contributed by atoms with van der Waals surface area (Å²) >= 11 is 5.96. The topological polar surface area (TPSA) is 76.9 Å². The Morgan fingerprint density at radius 1 is 1.02 bits per heavy atom. The molecule has 7 rings (SSSR count). The fourth-order valence-electron chi connectivity index (χ4n) is 6.91. The fourth-order valence-corrected chi connectivity index (χ4v) is 7.07. The zero-order valence-electron chi connectivity index (χ0n) is 27.1. The number of aromatic nitrogens is 2. The maximum Gasteiger partial charge on any atom is 0.338 e. The Bertz CT molecular complexity index is 1840. The molecule has 246 valence electrons. The number of hydrogen-bond donors (Lipinski definition) is 0. The van der Waals surface area contributed by atoms with Gasteiger partial charge in [-0.15, -0.1) is 0 Å². The molecule has 4 aromatic rings. The Morgan fingerprint density at radius 3 is 2.51 bits per heavy atom. The number of rotatable bonds is 7. The summed E-state index contributed by atoms with van der Waals surface area (Å²) in [6.07, 6.45) is 3.64. The maximum absolute atomic E-state index is 14.7. The van der Waals surface area contributed by atoms with E-state index in [1.807, 2.05) is 56.0 Å². The van der Waals surface area contributed by atoms with E-state index in [4.69, 9.17) is 26.1 Å². The van der Waals surface area contributed by atoms with Crippen molar-refractivity contribution in [2.45, 2.75) is 77.3 Å². The molecular weight excluding hydrogens is 619 g/mol. The molecule has 3 aliphatic rings. The number of carbonyl (C=O) groups excluding carboxylic acids is 2. The van der Waals surface area contributed by atoms with Crippen LogP contribution in [0.5, 0.6) is 0 Å². The van der Waals surface area contributed by atoms with E-state index >= 15 is 0 Å². The van der Waals surface area contributed by atoms with E-state index in [1.54, 1.807) is 18.2 Å². The minimum Gasteiger partial charge on any atom is -0.456 e. The minimum absolute atomic E-state index is 0.0176. The minimum atomic E-state index is -0.578. The second kappa shape index (κ2) is 12.7. The van der Waals surface area contributed by atoms with Crippen molar-refractivity contribution in [2.24, 2.45) is 0 Å². The number of hydrogen-bond acceptors (Lipinski definition) is 6. The van der Waals surface area contributed by atoms with Crippen LogP contribution in [0.2, 0.25) is 5.02 Å². The molecule has 0 unspecified atom stereocenters. The molecule has 1 aromatic heterocycles. The monoisotopic (exact) mass is 658 g/mol. The summed E-state index contributed by atoms with van der Waals surface area (Å²) < 4.78 is 28.3. The SMILES string of the molecule is CC(C)(C)OC(=O)c1ccc2nc(CN3CCC(N4CCc5ccc(-c6ccc(Cl)cc6F)cc5C4=O)CC3)n(C[C@@H]3CCO3)c2c1. The summed E-state index contributed by atoms with van der Waals surface area (Å²) in [6, 6.07) is 16.0. The number of benzene rings is 3. The van der Waals surface area contributed by atoms with Gasteiger partial charge in [0.05, 0.1) is 35.8 Å². The first kappa shape index (κ1) is 31.8. The zero-order valence-corrected chi connectivity index (χ0v) is 27.9. The van der Waals surface area contributed by atoms with Gasteiger partial charge in [0, 0.05) is 48.4 Å². The van der Waals surface area contributed by atoms with E-state index in [2.05, 4.69) is 9.47 Å². The number of nitrogens with zero attached hydrogens (tertiary/aromatic N) is 4. The van der Waals surface area contributed by atoms with Crippen LogP contribution in [0, 0.1) is 5.82 Å². The van der Waals surface area contributed by atoms with Crippen LogP contribution in [0.4, 0.5) is 4.39 Å². The van der Waals surface area contributed by atoms with Gasteiger partial charge >= 0.3 is 5.97 Å².